The lowest BCUT2D eigenvalue weighted by Crippen LogP contribution is -2.41. The number of carbonyl (C=O) groups is 1. The average molecular weight is 502 g/mol. The number of benzene rings is 2. The van der Waals surface area contributed by atoms with Crippen molar-refractivity contribution >= 4 is 23.4 Å². The first-order chi connectivity index (χ1) is 17.7. The van der Waals surface area contributed by atoms with Gasteiger partial charge in [-0.25, -0.2) is 4.98 Å². The molecule has 7 heteroatoms. The first kappa shape index (κ1) is 26.5. The minimum atomic E-state index is -0.141. The highest BCUT2D eigenvalue weighted by atomic mass is 16.3. The maximum absolute atomic E-state index is 13.7. The van der Waals surface area contributed by atoms with Crippen LogP contribution in [0.1, 0.15) is 68.6 Å². The van der Waals surface area contributed by atoms with Gasteiger partial charge < -0.3 is 20.6 Å². The van der Waals surface area contributed by atoms with Gasteiger partial charge in [-0.1, -0.05) is 70.5 Å². The van der Waals surface area contributed by atoms with Crippen molar-refractivity contribution in [1.29, 1.82) is 0 Å². The van der Waals surface area contributed by atoms with Crippen molar-refractivity contribution in [2.75, 3.05) is 17.7 Å². The van der Waals surface area contributed by atoms with E-state index in [0.717, 1.165) is 32.1 Å². The van der Waals surface area contributed by atoms with Crippen LogP contribution in [0.4, 0.5) is 17.5 Å². The molecule has 2 unspecified atom stereocenters. The zero-order valence-corrected chi connectivity index (χ0v) is 22.6. The molecule has 0 saturated heterocycles. The first-order valence-electron chi connectivity index (χ1n) is 13.2. The highest BCUT2D eigenvalue weighted by Gasteiger charge is 2.28. The lowest BCUT2D eigenvalue weighted by Gasteiger charge is -2.33. The summed E-state index contributed by atoms with van der Waals surface area (Å²) in [4.78, 5) is 24.8. The number of nitrogens with one attached hydrogen (secondary N) is 2. The molecule has 0 fully saturated rings. The van der Waals surface area contributed by atoms with E-state index in [2.05, 4.69) is 72.6 Å². The van der Waals surface area contributed by atoms with E-state index in [1.165, 1.54) is 11.1 Å². The molecule has 1 aromatic heterocycles. The molecule has 0 spiro atoms. The Morgan fingerprint density at radius 3 is 2.51 bits per heavy atom. The van der Waals surface area contributed by atoms with Crippen LogP contribution >= 0.6 is 0 Å². The molecule has 1 aliphatic carbocycles. The van der Waals surface area contributed by atoms with Crippen LogP contribution in [-0.4, -0.2) is 45.0 Å². The van der Waals surface area contributed by atoms with E-state index in [0.29, 0.717) is 17.2 Å². The molecule has 0 radical (unpaired) electrons. The molecule has 0 saturated carbocycles. The van der Waals surface area contributed by atoms with Crippen molar-refractivity contribution in [2.24, 2.45) is 5.41 Å². The summed E-state index contributed by atoms with van der Waals surface area (Å²) in [6.07, 6.45) is 4.71. The number of amides is 1. The molecule has 1 heterocycles. The van der Waals surface area contributed by atoms with Gasteiger partial charge in [-0.15, -0.1) is 0 Å². The summed E-state index contributed by atoms with van der Waals surface area (Å²) in [6, 6.07) is 17.4. The Hall–Kier alpha value is -3.61. The Morgan fingerprint density at radius 2 is 1.81 bits per heavy atom. The molecule has 2 atom stereocenters. The third-order valence-corrected chi connectivity index (χ3v) is 7.23. The molecule has 0 bridgehead atoms. The summed E-state index contributed by atoms with van der Waals surface area (Å²) >= 11 is 0. The van der Waals surface area contributed by atoms with Crippen LogP contribution in [0.2, 0.25) is 0 Å². The van der Waals surface area contributed by atoms with Crippen LogP contribution in [0.3, 0.4) is 0 Å². The predicted octanol–water partition coefficient (Wildman–Crippen LogP) is 6.18. The molecule has 1 amide bonds. The summed E-state index contributed by atoms with van der Waals surface area (Å²) in [7, 11) is 1.86. The Kier molecular flexibility index (Phi) is 8.00. The molecule has 0 aliphatic heterocycles. The number of fused-ring (bicyclic) bond motifs is 1. The van der Waals surface area contributed by atoms with E-state index in [9.17, 15) is 9.90 Å². The number of aryl methyl sites for hydroxylation is 1. The minimum Gasteiger partial charge on any atom is -0.506 e. The van der Waals surface area contributed by atoms with Gasteiger partial charge in [0.05, 0.1) is 5.69 Å². The van der Waals surface area contributed by atoms with Gasteiger partial charge in [0.25, 0.3) is 5.91 Å². The normalized spacial score (nSPS) is 16.0. The summed E-state index contributed by atoms with van der Waals surface area (Å²) in [5, 5.41) is 16.9. The number of hydrogen-bond acceptors (Lipinski definition) is 6. The number of carbonyl (C=O) groups excluding carboxylic acids is 1. The lowest BCUT2D eigenvalue weighted by molar-refractivity contribution is 0.0713. The van der Waals surface area contributed by atoms with Crippen LogP contribution in [-0.2, 0) is 12.8 Å². The van der Waals surface area contributed by atoms with Gasteiger partial charge in [0.15, 0.2) is 0 Å². The monoisotopic (exact) mass is 501 g/mol. The summed E-state index contributed by atoms with van der Waals surface area (Å²) in [5.41, 5.74) is 3.48. The number of phenolic OH excluding ortho intramolecular Hbond substituents is 1. The number of likely N-dealkylation sites (N-methyl/N-ethyl adjacent to an activating group) is 1. The van der Waals surface area contributed by atoms with Gasteiger partial charge in [-0.3, -0.25) is 4.79 Å². The average Bonchev–Trinajstić information content (AvgIpc) is 2.88. The topological polar surface area (TPSA) is 90.4 Å². The fourth-order valence-corrected chi connectivity index (χ4v) is 4.93. The van der Waals surface area contributed by atoms with Crippen molar-refractivity contribution in [3.05, 3.63) is 71.4 Å². The molecule has 1 aliphatic rings. The van der Waals surface area contributed by atoms with E-state index in [1.54, 1.807) is 24.3 Å². The van der Waals surface area contributed by atoms with Crippen molar-refractivity contribution in [2.45, 2.75) is 71.9 Å². The second-order valence-corrected chi connectivity index (χ2v) is 11.0. The molecular weight excluding hydrogens is 462 g/mol. The van der Waals surface area contributed by atoms with Gasteiger partial charge in [-0.05, 0) is 54.4 Å². The molecule has 196 valence electrons. The minimum absolute atomic E-state index is 0.00268. The quantitative estimate of drug-likeness (QED) is 0.319. The van der Waals surface area contributed by atoms with Crippen LogP contribution in [0, 0.1) is 5.41 Å². The van der Waals surface area contributed by atoms with E-state index < -0.39 is 0 Å². The van der Waals surface area contributed by atoms with Crippen molar-refractivity contribution in [3.8, 4) is 5.75 Å². The fraction of sp³-hybridized carbons (Fsp3) is 0.433. The van der Waals surface area contributed by atoms with Crippen LogP contribution in [0.15, 0.2) is 54.6 Å². The Bertz CT molecular complexity index is 1240. The van der Waals surface area contributed by atoms with E-state index in [-0.39, 0.29) is 35.1 Å². The van der Waals surface area contributed by atoms with Gasteiger partial charge in [0, 0.05) is 25.2 Å². The van der Waals surface area contributed by atoms with Crippen LogP contribution < -0.4 is 10.6 Å². The van der Waals surface area contributed by atoms with Crippen LogP contribution in [0.25, 0.3) is 0 Å². The summed E-state index contributed by atoms with van der Waals surface area (Å²) in [5.74, 6) is 0.806. The Morgan fingerprint density at radius 1 is 1.11 bits per heavy atom. The van der Waals surface area contributed by atoms with Gasteiger partial charge in [0.2, 0.25) is 5.95 Å². The van der Waals surface area contributed by atoms with E-state index in [1.807, 2.05) is 18.0 Å². The highest BCUT2D eigenvalue weighted by Crippen LogP contribution is 2.29. The van der Waals surface area contributed by atoms with Gasteiger partial charge >= 0.3 is 0 Å². The SMILES string of the molecule is CCCC(Nc1cc(C(=O)N(C)C2CCc3ccccc3C2)nc(Nc2ccccc2O)n1)C(C)(C)C. The fourth-order valence-electron chi connectivity index (χ4n) is 4.93. The zero-order valence-electron chi connectivity index (χ0n) is 22.6. The van der Waals surface area contributed by atoms with E-state index >= 15 is 0 Å². The molecule has 2 aromatic carbocycles. The number of nitrogens with zero attached hydrogens (tertiary/aromatic N) is 3. The summed E-state index contributed by atoms with van der Waals surface area (Å²) < 4.78 is 0. The van der Waals surface area contributed by atoms with Crippen LogP contribution in [0.5, 0.6) is 5.75 Å². The number of para-hydroxylation sites is 2. The summed E-state index contributed by atoms with van der Waals surface area (Å²) in [6.45, 7) is 8.76. The van der Waals surface area contributed by atoms with Crippen molar-refractivity contribution in [1.82, 2.24) is 14.9 Å². The second-order valence-electron chi connectivity index (χ2n) is 11.0. The Labute approximate surface area is 220 Å². The molecule has 3 N–H and O–H groups in total. The van der Waals surface area contributed by atoms with Crippen molar-refractivity contribution in [3.63, 3.8) is 0 Å². The largest absolute Gasteiger partial charge is 0.506 e. The molecule has 4 rings (SSSR count). The van der Waals surface area contributed by atoms with E-state index in [4.69, 9.17) is 0 Å². The Balaban J connectivity index is 1.64. The predicted molar refractivity (Wildman–Crippen MR) is 150 cm³/mol. The first-order valence-corrected chi connectivity index (χ1v) is 13.2. The van der Waals surface area contributed by atoms with Gasteiger partial charge in [-0.2, -0.15) is 4.98 Å². The number of phenols is 1. The molecule has 3 aromatic rings. The second kappa shape index (κ2) is 11.2. The maximum atomic E-state index is 13.7. The third kappa shape index (κ3) is 6.40. The number of anilines is 3. The highest BCUT2D eigenvalue weighted by molar-refractivity contribution is 5.93. The molecular formula is C30H39N5O2. The number of aromatic hydroxyl groups is 1. The lowest BCUT2D eigenvalue weighted by atomic mass is 9.84. The third-order valence-electron chi connectivity index (χ3n) is 7.23. The van der Waals surface area contributed by atoms with Gasteiger partial charge in [0.1, 0.15) is 17.3 Å². The molecule has 37 heavy (non-hydrogen) atoms. The zero-order chi connectivity index (χ0) is 26.6. The number of aromatic nitrogens is 2. The van der Waals surface area contributed by atoms with Crippen molar-refractivity contribution < 1.29 is 9.90 Å². The number of hydrogen-bond donors (Lipinski definition) is 3. The maximum Gasteiger partial charge on any atom is 0.272 e. The number of rotatable bonds is 8. The smallest absolute Gasteiger partial charge is 0.272 e. The standard InChI is InChI=1S/C30H39N5O2/c1-6-11-26(30(2,3)4)33-27-19-24(32-29(34-27)31-23-14-9-10-15-25(23)36)28(37)35(5)22-17-16-20-12-7-8-13-21(20)18-22/h7-10,12-15,19,22,26,36H,6,11,16-18H2,1-5H3,(H2,31,32,33,34). The molecule has 7 nitrogen and oxygen atoms in total.